The topological polar surface area (TPSA) is 37.5 Å². The predicted molar refractivity (Wildman–Crippen MR) is 111 cm³/mol. The minimum Gasteiger partial charge on any atom is -0.472 e. The fourth-order valence-electron chi connectivity index (χ4n) is 3.29. The van der Waals surface area contributed by atoms with Gasteiger partial charge in [0.1, 0.15) is 5.75 Å². The van der Waals surface area contributed by atoms with Gasteiger partial charge in [-0.15, -0.1) is 5.06 Å². The highest BCUT2D eigenvalue weighted by atomic mass is 16.7. The minimum atomic E-state index is -0.198. The highest BCUT2D eigenvalue weighted by Crippen LogP contribution is 2.31. The van der Waals surface area contributed by atoms with Gasteiger partial charge in [-0.05, 0) is 57.4 Å². The number of aromatic amines is 1. The molecule has 1 unspecified atom stereocenters. The molecule has 1 atom stereocenters. The summed E-state index contributed by atoms with van der Waals surface area (Å²) < 4.78 is 6.47. The van der Waals surface area contributed by atoms with E-state index in [1.807, 2.05) is 41.6 Å². The van der Waals surface area contributed by atoms with Gasteiger partial charge in [-0.25, -0.2) is 0 Å². The molecular weight excluding hydrogens is 336 g/mol. The number of ether oxygens (including phenoxy) is 1. The lowest BCUT2D eigenvalue weighted by atomic mass is 10.1. The molecule has 0 radical (unpaired) electrons. The van der Waals surface area contributed by atoms with Crippen LogP contribution in [0.2, 0.25) is 0 Å². The average molecular weight is 367 g/mol. The van der Waals surface area contributed by atoms with E-state index in [2.05, 4.69) is 57.8 Å². The largest absolute Gasteiger partial charge is 0.472 e. The third-order valence-corrected chi connectivity index (χ3v) is 4.61. The summed E-state index contributed by atoms with van der Waals surface area (Å²) in [5.74, 6) is 0.885. The van der Waals surface area contributed by atoms with E-state index in [4.69, 9.17) is 9.57 Å². The van der Waals surface area contributed by atoms with Gasteiger partial charge in [0.25, 0.3) is 0 Å². The first-order chi connectivity index (χ1) is 12.9. The van der Waals surface area contributed by atoms with Crippen LogP contribution in [0, 0.1) is 6.92 Å². The molecule has 0 amide bonds. The Hall–Kier alpha value is -2.30. The predicted octanol–water partition coefficient (Wildman–Crippen LogP) is 5.82. The summed E-state index contributed by atoms with van der Waals surface area (Å²) in [6.07, 6.45) is 2.64. The lowest BCUT2D eigenvalue weighted by Gasteiger charge is -2.39. The first-order valence-electron chi connectivity index (χ1n) is 9.59. The number of rotatable bonds is 7. The maximum absolute atomic E-state index is 6.47. The number of H-pyrrole nitrogens is 1. The molecule has 0 bridgehead atoms. The molecule has 1 N–H and O–H groups in total. The molecule has 144 valence electrons. The second-order valence-corrected chi connectivity index (χ2v) is 7.89. The molecule has 4 nitrogen and oxygen atoms in total. The number of benzene rings is 2. The van der Waals surface area contributed by atoms with Crippen molar-refractivity contribution < 1.29 is 9.57 Å². The van der Waals surface area contributed by atoms with Crippen molar-refractivity contribution in [1.82, 2.24) is 10.0 Å². The van der Waals surface area contributed by atoms with E-state index in [1.54, 1.807) is 0 Å². The van der Waals surface area contributed by atoms with Crippen molar-refractivity contribution in [3.63, 3.8) is 0 Å². The molecule has 4 heteroatoms. The van der Waals surface area contributed by atoms with E-state index in [0.717, 1.165) is 28.6 Å². The molecule has 1 heterocycles. The monoisotopic (exact) mass is 366 g/mol. The maximum Gasteiger partial charge on any atom is 0.174 e. The lowest BCUT2D eigenvalue weighted by molar-refractivity contribution is -0.281. The number of aryl methyl sites for hydroxylation is 1. The van der Waals surface area contributed by atoms with E-state index >= 15 is 0 Å². The van der Waals surface area contributed by atoms with Crippen LogP contribution in [0.4, 0.5) is 0 Å². The zero-order valence-electron chi connectivity index (χ0n) is 17.0. The van der Waals surface area contributed by atoms with Crippen molar-refractivity contribution in [2.45, 2.75) is 59.4 Å². The van der Waals surface area contributed by atoms with Crippen molar-refractivity contribution in [3.8, 4) is 5.75 Å². The van der Waals surface area contributed by atoms with Gasteiger partial charge in [-0.3, -0.25) is 4.84 Å². The molecule has 0 aliphatic carbocycles. The van der Waals surface area contributed by atoms with Crippen molar-refractivity contribution in [3.05, 3.63) is 65.9 Å². The van der Waals surface area contributed by atoms with Gasteiger partial charge in [0.15, 0.2) is 6.23 Å². The Morgan fingerprint density at radius 2 is 1.78 bits per heavy atom. The van der Waals surface area contributed by atoms with Crippen LogP contribution < -0.4 is 4.74 Å². The molecule has 1 aromatic heterocycles. The zero-order valence-corrected chi connectivity index (χ0v) is 17.0. The van der Waals surface area contributed by atoms with Crippen LogP contribution in [0.5, 0.6) is 5.75 Å². The number of hydrogen-bond donors (Lipinski definition) is 1. The van der Waals surface area contributed by atoms with Crippen molar-refractivity contribution in [1.29, 1.82) is 0 Å². The van der Waals surface area contributed by atoms with Crippen LogP contribution in [0.1, 0.15) is 45.2 Å². The zero-order chi connectivity index (χ0) is 19.4. The van der Waals surface area contributed by atoms with Gasteiger partial charge >= 0.3 is 0 Å². The molecule has 2 aromatic carbocycles. The SMILES string of the molecule is CCC(Oc1cccc2[nH]cc(C)c12)N(OCc1ccccc1)C(C)(C)C. The molecule has 0 saturated carbocycles. The van der Waals surface area contributed by atoms with E-state index in [9.17, 15) is 0 Å². The van der Waals surface area contributed by atoms with E-state index in [0.29, 0.717) is 6.61 Å². The lowest BCUT2D eigenvalue weighted by Crippen LogP contribution is -2.50. The summed E-state index contributed by atoms with van der Waals surface area (Å²) >= 11 is 0. The number of nitrogens with zero attached hydrogens (tertiary/aromatic N) is 1. The van der Waals surface area contributed by atoms with Crippen LogP contribution in [0.15, 0.2) is 54.7 Å². The summed E-state index contributed by atoms with van der Waals surface area (Å²) in [6.45, 7) is 11.2. The maximum atomic E-state index is 6.47. The summed E-state index contributed by atoms with van der Waals surface area (Å²) in [5.41, 5.74) is 3.22. The summed E-state index contributed by atoms with van der Waals surface area (Å²) in [4.78, 5) is 9.54. The second kappa shape index (κ2) is 8.15. The third kappa shape index (κ3) is 4.52. The van der Waals surface area contributed by atoms with Crippen LogP contribution in [-0.4, -0.2) is 21.8 Å². The molecule has 27 heavy (non-hydrogen) atoms. The van der Waals surface area contributed by atoms with Crippen molar-refractivity contribution >= 4 is 10.9 Å². The van der Waals surface area contributed by atoms with Gasteiger partial charge in [-0.2, -0.15) is 0 Å². The van der Waals surface area contributed by atoms with Gasteiger partial charge in [-0.1, -0.05) is 43.3 Å². The first kappa shape index (κ1) is 19.5. The summed E-state index contributed by atoms with van der Waals surface area (Å²) in [5, 5.41) is 3.12. The smallest absolute Gasteiger partial charge is 0.174 e. The van der Waals surface area contributed by atoms with Crippen molar-refractivity contribution in [2.75, 3.05) is 0 Å². The van der Waals surface area contributed by atoms with E-state index in [1.165, 1.54) is 5.56 Å². The van der Waals surface area contributed by atoms with E-state index < -0.39 is 0 Å². The standard InChI is InChI=1S/C23H30N2O2/c1-6-21(27-20-14-10-13-19-22(20)17(2)15-24-19)25(23(3,4)5)26-16-18-11-8-7-9-12-18/h7-15,21,24H,6,16H2,1-5H3. The summed E-state index contributed by atoms with van der Waals surface area (Å²) in [6, 6.07) is 16.4. The average Bonchev–Trinajstić information content (AvgIpc) is 3.03. The van der Waals surface area contributed by atoms with Gasteiger partial charge in [0.2, 0.25) is 0 Å². The minimum absolute atomic E-state index is 0.186. The Balaban J connectivity index is 1.84. The highest BCUT2D eigenvalue weighted by molar-refractivity contribution is 5.89. The molecule has 0 aliphatic heterocycles. The number of hydroxylamine groups is 2. The molecule has 3 aromatic rings. The first-order valence-corrected chi connectivity index (χ1v) is 9.59. The second-order valence-electron chi connectivity index (χ2n) is 7.89. The Bertz CT molecular complexity index is 865. The molecule has 0 saturated heterocycles. The van der Waals surface area contributed by atoms with E-state index in [-0.39, 0.29) is 11.8 Å². The highest BCUT2D eigenvalue weighted by Gasteiger charge is 2.31. The van der Waals surface area contributed by atoms with Gasteiger partial charge < -0.3 is 9.72 Å². The van der Waals surface area contributed by atoms with Crippen LogP contribution in [0.3, 0.4) is 0 Å². The third-order valence-electron chi connectivity index (χ3n) is 4.61. The number of hydrogen-bond acceptors (Lipinski definition) is 3. The molecule has 0 spiro atoms. The molecular formula is C23H30N2O2. The van der Waals surface area contributed by atoms with Crippen LogP contribution in [0.25, 0.3) is 10.9 Å². The van der Waals surface area contributed by atoms with Crippen molar-refractivity contribution in [2.24, 2.45) is 0 Å². The summed E-state index contributed by atoms with van der Waals surface area (Å²) in [7, 11) is 0. The Morgan fingerprint density at radius 3 is 2.44 bits per heavy atom. The normalized spacial score (nSPS) is 13.3. The van der Waals surface area contributed by atoms with Crippen LogP contribution in [-0.2, 0) is 11.4 Å². The van der Waals surface area contributed by atoms with Crippen LogP contribution >= 0.6 is 0 Å². The Labute approximate surface area is 162 Å². The number of aromatic nitrogens is 1. The van der Waals surface area contributed by atoms with Gasteiger partial charge in [0, 0.05) is 22.6 Å². The molecule has 0 aliphatic rings. The number of fused-ring (bicyclic) bond motifs is 1. The Morgan fingerprint density at radius 1 is 1.04 bits per heavy atom. The Kier molecular flexibility index (Phi) is 5.88. The molecule has 0 fully saturated rings. The van der Waals surface area contributed by atoms with Gasteiger partial charge in [0.05, 0.1) is 6.61 Å². The fraction of sp³-hybridized carbons (Fsp3) is 0.391. The fourth-order valence-corrected chi connectivity index (χ4v) is 3.29. The quantitative estimate of drug-likeness (QED) is 0.423. The molecule has 3 rings (SSSR count). The number of nitrogens with one attached hydrogen (secondary N) is 1.